The molecule has 0 bridgehead atoms. The fraction of sp³-hybridized carbons (Fsp3) is 0.417. The van der Waals surface area contributed by atoms with Crippen LogP contribution in [0.25, 0.3) is 0 Å². The van der Waals surface area contributed by atoms with Crippen LogP contribution in [0.5, 0.6) is 0 Å². The van der Waals surface area contributed by atoms with E-state index in [1.165, 1.54) is 4.88 Å². The lowest BCUT2D eigenvalue weighted by atomic mass is 10.4. The highest BCUT2D eigenvalue weighted by Gasteiger charge is 2.03. The van der Waals surface area contributed by atoms with E-state index < -0.39 is 0 Å². The minimum absolute atomic E-state index is 0.770. The normalized spacial score (nSPS) is 10.9. The van der Waals surface area contributed by atoms with Crippen molar-refractivity contribution < 1.29 is 4.42 Å². The van der Waals surface area contributed by atoms with E-state index in [0.29, 0.717) is 0 Å². The maximum absolute atomic E-state index is 5.68. The molecule has 2 heterocycles. The molecule has 0 aliphatic rings. The highest BCUT2D eigenvalue weighted by atomic mass is 32.2. The minimum atomic E-state index is 0.770. The van der Waals surface area contributed by atoms with Crippen molar-refractivity contribution in [2.24, 2.45) is 0 Å². The van der Waals surface area contributed by atoms with E-state index in [-0.39, 0.29) is 0 Å². The van der Waals surface area contributed by atoms with Crippen LogP contribution in [0, 0.1) is 6.92 Å². The number of hydrogen-bond donors (Lipinski definition) is 1. The molecule has 0 amide bonds. The molecule has 2 aromatic rings. The summed E-state index contributed by atoms with van der Waals surface area (Å²) in [4.78, 5) is 5.52. The first kappa shape index (κ1) is 12.7. The molecule has 0 saturated carbocycles. The molecule has 0 aliphatic carbocycles. The van der Waals surface area contributed by atoms with Crippen LogP contribution < -0.4 is 5.32 Å². The predicted molar refractivity (Wildman–Crippen MR) is 73.3 cm³/mol. The Labute approximate surface area is 110 Å². The van der Waals surface area contributed by atoms with Gasteiger partial charge in [-0.15, -0.1) is 11.3 Å². The van der Waals surface area contributed by atoms with Gasteiger partial charge < -0.3 is 9.73 Å². The summed E-state index contributed by atoms with van der Waals surface area (Å²) in [5, 5.41) is 3.37. The lowest BCUT2D eigenvalue weighted by molar-refractivity contribution is 0.459. The second-order valence-electron chi connectivity index (χ2n) is 3.77. The Hall–Kier alpha value is -0.780. The molecular weight excluding hydrogens is 252 g/mol. The quantitative estimate of drug-likeness (QED) is 0.873. The number of rotatable bonds is 6. The molecule has 0 saturated heterocycles. The summed E-state index contributed by atoms with van der Waals surface area (Å²) in [5.41, 5.74) is 3.00. The van der Waals surface area contributed by atoms with Crippen LogP contribution in [-0.2, 0) is 18.8 Å². The van der Waals surface area contributed by atoms with Crippen molar-refractivity contribution >= 4 is 23.1 Å². The van der Waals surface area contributed by atoms with Crippen LogP contribution >= 0.6 is 23.1 Å². The molecule has 17 heavy (non-hydrogen) atoms. The fourth-order valence-electron chi connectivity index (χ4n) is 1.53. The van der Waals surface area contributed by atoms with Gasteiger partial charge in [-0.25, -0.2) is 4.98 Å². The molecule has 0 radical (unpaired) electrons. The summed E-state index contributed by atoms with van der Waals surface area (Å²) in [5.74, 6) is 2.98. The second-order valence-corrected chi connectivity index (χ2v) is 5.57. The van der Waals surface area contributed by atoms with Crippen molar-refractivity contribution in [3.8, 4) is 0 Å². The Morgan fingerprint density at radius 3 is 2.88 bits per heavy atom. The van der Waals surface area contributed by atoms with Crippen LogP contribution in [0.1, 0.15) is 22.1 Å². The van der Waals surface area contributed by atoms with Crippen molar-refractivity contribution in [1.82, 2.24) is 10.3 Å². The van der Waals surface area contributed by atoms with Crippen molar-refractivity contribution in [2.45, 2.75) is 25.8 Å². The predicted octanol–water partition coefficient (Wildman–Crippen LogP) is 3.20. The van der Waals surface area contributed by atoms with Gasteiger partial charge in [-0.05, 0) is 25.3 Å². The molecule has 0 unspecified atom stereocenters. The van der Waals surface area contributed by atoms with Gasteiger partial charge in [0.1, 0.15) is 11.5 Å². The van der Waals surface area contributed by atoms with Gasteiger partial charge in [0, 0.05) is 11.4 Å². The highest BCUT2D eigenvalue weighted by molar-refractivity contribution is 7.97. The van der Waals surface area contributed by atoms with Crippen LogP contribution in [0.4, 0.5) is 0 Å². The van der Waals surface area contributed by atoms with E-state index in [1.54, 1.807) is 23.1 Å². The van der Waals surface area contributed by atoms with Crippen LogP contribution in [0.2, 0.25) is 0 Å². The monoisotopic (exact) mass is 268 g/mol. The van der Waals surface area contributed by atoms with E-state index in [1.807, 2.05) is 24.6 Å². The van der Waals surface area contributed by atoms with Gasteiger partial charge in [0.05, 0.1) is 23.5 Å². The van der Waals surface area contributed by atoms with E-state index >= 15 is 0 Å². The summed E-state index contributed by atoms with van der Waals surface area (Å²) >= 11 is 3.46. The molecule has 0 spiro atoms. The van der Waals surface area contributed by atoms with Crippen LogP contribution in [0.3, 0.4) is 0 Å². The first-order chi connectivity index (χ1) is 8.29. The summed E-state index contributed by atoms with van der Waals surface area (Å²) < 4.78 is 5.68. The molecule has 0 aromatic carbocycles. The van der Waals surface area contributed by atoms with Gasteiger partial charge in [-0.3, -0.25) is 0 Å². The number of thioether (sulfide) groups is 1. The van der Waals surface area contributed by atoms with E-state index in [0.717, 1.165) is 36.1 Å². The number of thiazole rings is 1. The maximum atomic E-state index is 5.68. The smallest absolute Gasteiger partial charge is 0.118 e. The van der Waals surface area contributed by atoms with E-state index in [4.69, 9.17) is 4.42 Å². The standard InChI is InChI=1S/C12H16N2OS2/c1-9-12(17-8-14-9)6-13-5-10-3-4-11(15-10)7-16-2/h3-4,8,13H,5-7H2,1-2H3. The molecule has 5 heteroatoms. The van der Waals surface area contributed by atoms with Crippen molar-refractivity contribution in [3.05, 3.63) is 39.7 Å². The first-order valence-electron chi connectivity index (χ1n) is 5.46. The van der Waals surface area contributed by atoms with Crippen molar-refractivity contribution in [1.29, 1.82) is 0 Å². The maximum Gasteiger partial charge on any atom is 0.118 e. The molecule has 3 nitrogen and oxygen atoms in total. The average molecular weight is 268 g/mol. The highest BCUT2D eigenvalue weighted by Crippen LogP contribution is 2.14. The molecule has 2 rings (SSSR count). The molecule has 0 fully saturated rings. The van der Waals surface area contributed by atoms with Crippen molar-refractivity contribution in [3.63, 3.8) is 0 Å². The first-order valence-corrected chi connectivity index (χ1v) is 7.73. The summed E-state index contributed by atoms with van der Waals surface area (Å²) in [7, 11) is 0. The Morgan fingerprint density at radius 1 is 1.35 bits per heavy atom. The van der Waals surface area contributed by atoms with Gasteiger partial charge in [0.25, 0.3) is 0 Å². The Morgan fingerprint density at radius 2 is 2.18 bits per heavy atom. The summed E-state index contributed by atoms with van der Waals surface area (Å²) in [6.07, 6.45) is 2.08. The molecule has 0 atom stereocenters. The van der Waals surface area contributed by atoms with Gasteiger partial charge in [0.15, 0.2) is 0 Å². The third-order valence-electron chi connectivity index (χ3n) is 2.43. The number of nitrogens with one attached hydrogen (secondary N) is 1. The third-order valence-corrected chi connectivity index (χ3v) is 3.94. The van der Waals surface area contributed by atoms with Gasteiger partial charge in [0.2, 0.25) is 0 Å². The zero-order valence-electron chi connectivity index (χ0n) is 10.0. The molecule has 2 aromatic heterocycles. The number of nitrogens with zero attached hydrogens (tertiary/aromatic N) is 1. The fourth-order valence-corrected chi connectivity index (χ4v) is 2.72. The summed E-state index contributed by atoms with van der Waals surface area (Å²) in [6.45, 7) is 3.66. The Bertz CT molecular complexity index is 465. The van der Waals surface area contributed by atoms with E-state index in [2.05, 4.69) is 16.6 Å². The lowest BCUT2D eigenvalue weighted by Gasteiger charge is -2.01. The molecule has 0 aliphatic heterocycles. The zero-order chi connectivity index (χ0) is 12.1. The molecule has 1 N–H and O–H groups in total. The SMILES string of the molecule is CSCc1ccc(CNCc2scnc2C)o1. The lowest BCUT2D eigenvalue weighted by Crippen LogP contribution is -2.11. The Kier molecular flexibility index (Phi) is 4.65. The number of hydrogen-bond acceptors (Lipinski definition) is 5. The number of furan rings is 1. The summed E-state index contributed by atoms with van der Waals surface area (Å²) in [6, 6.07) is 4.09. The molecular formula is C12H16N2OS2. The van der Waals surface area contributed by atoms with Crippen molar-refractivity contribution in [2.75, 3.05) is 6.26 Å². The average Bonchev–Trinajstić information content (AvgIpc) is 2.90. The minimum Gasteiger partial charge on any atom is -0.464 e. The topological polar surface area (TPSA) is 38.1 Å². The van der Waals surface area contributed by atoms with Crippen LogP contribution in [-0.4, -0.2) is 11.2 Å². The van der Waals surface area contributed by atoms with Gasteiger partial charge >= 0.3 is 0 Å². The second kappa shape index (κ2) is 6.23. The third kappa shape index (κ3) is 3.59. The van der Waals surface area contributed by atoms with Gasteiger partial charge in [-0.1, -0.05) is 0 Å². The molecule has 92 valence electrons. The zero-order valence-corrected chi connectivity index (χ0v) is 11.7. The van der Waals surface area contributed by atoms with Gasteiger partial charge in [-0.2, -0.15) is 11.8 Å². The number of aromatic nitrogens is 1. The van der Waals surface area contributed by atoms with E-state index in [9.17, 15) is 0 Å². The number of aryl methyl sites for hydroxylation is 1. The largest absolute Gasteiger partial charge is 0.464 e. The van der Waals surface area contributed by atoms with Crippen LogP contribution in [0.15, 0.2) is 22.1 Å². The Balaban J connectivity index is 1.80.